The molecule has 5 aromatic carbocycles. The van der Waals surface area contributed by atoms with Crippen molar-refractivity contribution in [3.8, 4) is 17.6 Å². The number of ether oxygens (including phenoxy) is 2. The number of anilines is 1. The Kier molecular flexibility index (Phi) is 11.0. The summed E-state index contributed by atoms with van der Waals surface area (Å²) in [6, 6.07) is 31.1. The first-order chi connectivity index (χ1) is 30.9. The van der Waals surface area contributed by atoms with E-state index in [4.69, 9.17) is 15.2 Å². The van der Waals surface area contributed by atoms with Crippen molar-refractivity contribution in [3.05, 3.63) is 171 Å². The second-order valence-corrected chi connectivity index (χ2v) is 16.8. The van der Waals surface area contributed by atoms with Crippen molar-refractivity contribution < 1.29 is 43.8 Å². The Morgan fingerprint density at radius 1 is 0.828 bits per heavy atom. The van der Waals surface area contributed by atoms with Crippen LogP contribution in [0.2, 0.25) is 0 Å². The summed E-state index contributed by atoms with van der Waals surface area (Å²) in [6.07, 6.45) is 2.46. The number of nitro groups is 1. The Bertz CT molecular complexity index is 2690. The smallest absolute Gasteiger partial charge is 0.421 e. The third kappa shape index (κ3) is 7.22. The molecule has 4 aliphatic rings. The second-order valence-electron chi connectivity index (χ2n) is 16.8. The molecule has 5 aromatic rings. The number of phenols is 1. The number of hydrogen-bond donors (Lipinski definition) is 3. The summed E-state index contributed by atoms with van der Waals surface area (Å²) < 4.78 is 12.1. The number of hydrogen-bond acceptors (Lipinski definition) is 11. The minimum Gasteiger partial charge on any atom is -0.508 e. The number of carbonyl (C=O) groups excluding carboxylic acids is 4. The van der Waals surface area contributed by atoms with Crippen molar-refractivity contribution in [1.82, 2.24) is 4.90 Å². The summed E-state index contributed by atoms with van der Waals surface area (Å²) in [4.78, 5) is 73.3. The zero-order chi connectivity index (χ0) is 44.8. The number of aliphatic hydroxyl groups is 1. The zero-order valence-electron chi connectivity index (χ0n) is 34.5. The second kappa shape index (κ2) is 16.7. The van der Waals surface area contributed by atoms with Gasteiger partial charge in [0, 0.05) is 17.7 Å². The fourth-order valence-electron chi connectivity index (χ4n) is 10.2. The molecule has 9 rings (SSSR count). The number of esters is 1. The van der Waals surface area contributed by atoms with Gasteiger partial charge in [-0.05, 0) is 96.0 Å². The minimum absolute atomic E-state index is 0.0524. The van der Waals surface area contributed by atoms with Crippen molar-refractivity contribution >= 4 is 35.3 Å². The molecule has 3 aliphatic heterocycles. The molecule has 0 aromatic heterocycles. The fraction of sp³-hybridized carbons (Fsp3) is 0.280. The van der Waals surface area contributed by atoms with E-state index in [0.717, 1.165) is 30.6 Å². The van der Waals surface area contributed by atoms with Crippen LogP contribution in [0.4, 0.5) is 16.2 Å². The Balaban J connectivity index is 1.27. The predicted molar refractivity (Wildman–Crippen MR) is 232 cm³/mol. The van der Waals surface area contributed by atoms with Crippen LogP contribution in [0.5, 0.6) is 5.75 Å². The summed E-state index contributed by atoms with van der Waals surface area (Å²) in [6.45, 7) is -0.373. The number of nitro benzene ring substituents is 1. The van der Waals surface area contributed by atoms with Crippen molar-refractivity contribution in [1.29, 1.82) is 0 Å². The molecule has 1 saturated carbocycles. The summed E-state index contributed by atoms with van der Waals surface area (Å²) in [7, 11) is 0. The van der Waals surface area contributed by atoms with Gasteiger partial charge in [-0.3, -0.25) is 29.4 Å². The van der Waals surface area contributed by atoms with E-state index in [1.54, 1.807) is 29.2 Å². The largest absolute Gasteiger partial charge is 0.508 e. The number of rotatable bonds is 7. The number of carbonyl (C=O) groups is 4. The number of morpholine rings is 1. The van der Waals surface area contributed by atoms with E-state index in [0.29, 0.717) is 40.7 Å². The van der Waals surface area contributed by atoms with Crippen LogP contribution >= 0.6 is 0 Å². The van der Waals surface area contributed by atoms with E-state index in [1.165, 1.54) is 42.5 Å². The highest BCUT2D eigenvalue weighted by Crippen LogP contribution is 2.65. The number of primary amides is 1. The van der Waals surface area contributed by atoms with Crippen LogP contribution in [0, 0.1) is 27.9 Å². The maximum atomic E-state index is 16.0. The van der Waals surface area contributed by atoms with Crippen LogP contribution in [0.25, 0.3) is 0 Å². The van der Waals surface area contributed by atoms with Crippen LogP contribution in [0.3, 0.4) is 0 Å². The van der Waals surface area contributed by atoms with E-state index in [-0.39, 0.29) is 29.3 Å². The highest BCUT2D eigenvalue weighted by Gasteiger charge is 2.75. The SMILES string of the molecule is NC(=O)C1C2C(=O)OC(c3ccccc3)C(c3ccccc3)N2C(c2ccc(O)cc2)C12C(=O)N(C(=O)OCc1ccc([N+](=O)[O-])cc1)c1ccc(C#CC3(O)CCCCCC3)cc12. The van der Waals surface area contributed by atoms with Gasteiger partial charge in [0.15, 0.2) is 0 Å². The highest BCUT2D eigenvalue weighted by atomic mass is 16.6. The van der Waals surface area contributed by atoms with Gasteiger partial charge in [0.05, 0.1) is 28.6 Å². The van der Waals surface area contributed by atoms with Crippen LogP contribution in [0.15, 0.2) is 127 Å². The first-order valence-corrected chi connectivity index (χ1v) is 21.2. The Hall–Kier alpha value is -7.34. The molecule has 2 saturated heterocycles. The molecule has 1 aliphatic carbocycles. The number of amides is 3. The maximum Gasteiger partial charge on any atom is 0.421 e. The van der Waals surface area contributed by atoms with Gasteiger partial charge in [0.25, 0.3) is 5.69 Å². The molecule has 324 valence electrons. The normalized spacial score (nSPS) is 24.7. The van der Waals surface area contributed by atoms with Gasteiger partial charge in [0.2, 0.25) is 11.8 Å². The van der Waals surface area contributed by atoms with E-state index >= 15 is 4.79 Å². The monoisotopic (exact) mass is 860 g/mol. The Labute approximate surface area is 368 Å². The summed E-state index contributed by atoms with van der Waals surface area (Å²) >= 11 is 0. The number of fused-ring (bicyclic) bond motifs is 3. The molecule has 3 heterocycles. The lowest BCUT2D eigenvalue weighted by Gasteiger charge is -2.46. The lowest BCUT2D eigenvalue weighted by atomic mass is 9.65. The van der Waals surface area contributed by atoms with Crippen LogP contribution in [-0.4, -0.2) is 55.6 Å². The molecular weight excluding hydrogens is 817 g/mol. The Morgan fingerprint density at radius 2 is 1.47 bits per heavy atom. The van der Waals surface area contributed by atoms with Crippen LogP contribution < -0.4 is 10.6 Å². The molecule has 0 bridgehead atoms. The molecule has 1 spiro atoms. The van der Waals surface area contributed by atoms with Crippen molar-refractivity contribution in [2.24, 2.45) is 11.7 Å². The number of phenolic OH excluding ortho intramolecular Hbond substituents is 1. The summed E-state index contributed by atoms with van der Waals surface area (Å²) in [5.41, 5.74) is 5.63. The highest BCUT2D eigenvalue weighted by molar-refractivity contribution is 6.23. The third-order valence-corrected chi connectivity index (χ3v) is 13.0. The molecule has 14 nitrogen and oxygen atoms in total. The number of non-ortho nitro benzene ring substituents is 1. The van der Waals surface area contributed by atoms with Gasteiger partial charge in [-0.25, -0.2) is 9.69 Å². The van der Waals surface area contributed by atoms with Crippen molar-refractivity contribution in [2.45, 2.75) is 80.4 Å². The average Bonchev–Trinajstić information content (AvgIpc) is 3.64. The molecular formula is C50H44N4O10. The first-order valence-electron chi connectivity index (χ1n) is 21.2. The molecule has 4 N–H and O–H groups in total. The van der Waals surface area contributed by atoms with Gasteiger partial charge < -0.3 is 25.4 Å². The fourth-order valence-corrected chi connectivity index (χ4v) is 10.2. The molecule has 14 heteroatoms. The number of benzene rings is 5. The first kappa shape index (κ1) is 42.0. The number of nitrogens with zero attached hydrogens (tertiary/aromatic N) is 3. The van der Waals surface area contributed by atoms with Gasteiger partial charge >= 0.3 is 12.1 Å². The van der Waals surface area contributed by atoms with Gasteiger partial charge in [-0.2, -0.15) is 0 Å². The quantitative estimate of drug-likeness (QED) is 0.0490. The lowest BCUT2D eigenvalue weighted by Crippen LogP contribution is -2.55. The van der Waals surface area contributed by atoms with E-state index in [9.17, 15) is 34.7 Å². The number of nitrogens with two attached hydrogens (primary N) is 1. The number of aromatic hydroxyl groups is 1. The molecule has 3 fully saturated rings. The van der Waals surface area contributed by atoms with Gasteiger partial charge in [0.1, 0.15) is 35.5 Å². The topological polar surface area (TPSA) is 203 Å². The van der Waals surface area contributed by atoms with E-state index in [2.05, 4.69) is 11.8 Å². The number of cyclic esters (lactones) is 1. The number of imide groups is 1. The van der Waals surface area contributed by atoms with Crippen LogP contribution in [0.1, 0.15) is 90.1 Å². The molecule has 6 atom stereocenters. The van der Waals surface area contributed by atoms with Gasteiger partial charge in [-0.15, -0.1) is 0 Å². The Morgan fingerprint density at radius 3 is 2.09 bits per heavy atom. The maximum absolute atomic E-state index is 16.0. The van der Waals surface area contributed by atoms with Crippen molar-refractivity contribution in [3.63, 3.8) is 0 Å². The molecule has 6 unspecified atom stereocenters. The molecule has 3 amide bonds. The molecule has 0 radical (unpaired) electrons. The standard InChI is InChI=1S/C50H44N4O10/c51-45(56)40-42-46(57)64-43(34-13-7-4-8-14-34)41(33-11-5-3-6-12-33)53(42)44(35-18-22-37(55)23-19-35)50(40)38-29-31(25-28-49(60)26-9-1-2-10-27-49)17-24-39(38)52(47(50)58)48(59)63-30-32-15-20-36(21-16-32)54(61)62/h3-8,11-24,29,40-44,55,60H,1-2,9-10,26-27,30H2,(H2,51,56). The average molecular weight is 861 g/mol. The molecule has 64 heavy (non-hydrogen) atoms. The summed E-state index contributed by atoms with van der Waals surface area (Å²) in [5.74, 6) is 1.74. The van der Waals surface area contributed by atoms with Crippen molar-refractivity contribution in [2.75, 3.05) is 4.90 Å². The predicted octanol–water partition coefficient (Wildman–Crippen LogP) is 7.22. The zero-order valence-corrected chi connectivity index (χ0v) is 34.5. The summed E-state index contributed by atoms with van der Waals surface area (Å²) in [5, 5.41) is 33.4. The van der Waals surface area contributed by atoms with Crippen LogP contribution in [-0.2, 0) is 35.9 Å². The van der Waals surface area contributed by atoms with Gasteiger partial charge in [-0.1, -0.05) is 97.5 Å². The minimum atomic E-state index is -2.14. The van der Waals surface area contributed by atoms with E-state index < -0.39 is 70.0 Å². The third-order valence-electron chi connectivity index (χ3n) is 13.0. The van der Waals surface area contributed by atoms with E-state index in [1.807, 2.05) is 60.7 Å². The lowest BCUT2D eigenvalue weighted by molar-refractivity contribution is -0.384.